The van der Waals surface area contributed by atoms with Gasteiger partial charge in [0, 0.05) is 18.5 Å². The van der Waals surface area contributed by atoms with Crippen molar-refractivity contribution in [1.82, 2.24) is 0 Å². The summed E-state index contributed by atoms with van der Waals surface area (Å²) < 4.78 is 5.67. The monoisotopic (exact) mass is 312 g/mol. The highest BCUT2D eigenvalue weighted by atomic mass is 79.9. The molecule has 18 heavy (non-hydrogen) atoms. The van der Waals surface area contributed by atoms with Gasteiger partial charge in [0.1, 0.15) is 0 Å². The molecule has 0 saturated carbocycles. The van der Waals surface area contributed by atoms with E-state index in [-0.39, 0.29) is 0 Å². The maximum Gasteiger partial charge on any atom is 0.0488 e. The van der Waals surface area contributed by atoms with Crippen molar-refractivity contribution < 1.29 is 4.74 Å². The molecule has 1 atom stereocenters. The van der Waals surface area contributed by atoms with E-state index in [4.69, 9.17) is 4.74 Å². The van der Waals surface area contributed by atoms with Gasteiger partial charge in [-0.2, -0.15) is 0 Å². The normalized spacial score (nSPS) is 12.9. The van der Waals surface area contributed by atoms with Crippen molar-refractivity contribution in [1.29, 1.82) is 0 Å². The average Bonchev–Trinajstić information content (AvgIpc) is 2.35. The molecule has 0 saturated heterocycles. The van der Waals surface area contributed by atoms with E-state index in [9.17, 15) is 0 Å². The molecule has 0 aliphatic carbocycles. The Bertz CT molecular complexity index is 336. The van der Waals surface area contributed by atoms with E-state index >= 15 is 0 Å². The average molecular weight is 313 g/mol. The molecule has 0 heterocycles. The number of alkyl halides is 1. The molecule has 0 aliphatic heterocycles. The zero-order valence-electron chi connectivity index (χ0n) is 11.8. The lowest BCUT2D eigenvalue weighted by Gasteiger charge is -2.16. The Hall–Kier alpha value is -0.340. The minimum atomic E-state index is 0.629. The molecule has 1 aromatic carbocycles. The van der Waals surface area contributed by atoms with E-state index < -0.39 is 0 Å². The molecule has 1 nitrogen and oxygen atoms in total. The highest BCUT2D eigenvalue weighted by Crippen LogP contribution is 2.18. The van der Waals surface area contributed by atoms with Crippen molar-refractivity contribution in [2.45, 2.75) is 33.6 Å². The Morgan fingerprint density at radius 1 is 1.22 bits per heavy atom. The second-order valence-corrected chi connectivity index (χ2v) is 6.06. The van der Waals surface area contributed by atoms with Crippen molar-refractivity contribution in [3.8, 4) is 0 Å². The molecule has 1 aromatic rings. The number of hydrogen-bond donors (Lipinski definition) is 0. The van der Waals surface area contributed by atoms with E-state index in [1.54, 1.807) is 0 Å². The topological polar surface area (TPSA) is 9.23 Å². The minimum Gasteiger partial charge on any atom is -0.381 e. The van der Waals surface area contributed by atoms with Crippen LogP contribution in [0.1, 0.15) is 31.4 Å². The van der Waals surface area contributed by atoms with Gasteiger partial charge >= 0.3 is 0 Å². The van der Waals surface area contributed by atoms with E-state index in [0.717, 1.165) is 31.4 Å². The zero-order valence-corrected chi connectivity index (χ0v) is 13.4. The minimum absolute atomic E-state index is 0.629. The Morgan fingerprint density at radius 2 is 1.94 bits per heavy atom. The first-order valence-electron chi connectivity index (χ1n) is 6.81. The standard InChI is InChI=1S/C16H25BrO/c1-13(2)12-18-9-8-15(11-17)10-16-7-5-4-6-14(16)3/h4-7,13,15H,8-12H2,1-3H3. The van der Waals surface area contributed by atoms with E-state index in [0.29, 0.717) is 11.8 Å². The molecule has 0 amide bonds. The first-order valence-corrected chi connectivity index (χ1v) is 7.93. The van der Waals surface area contributed by atoms with E-state index in [1.807, 2.05) is 0 Å². The van der Waals surface area contributed by atoms with Gasteiger partial charge in [0.05, 0.1) is 0 Å². The molecule has 1 unspecified atom stereocenters. The Labute approximate surface area is 120 Å². The quantitative estimate of drug-likeness (QED) is 0.503. The molecule has 0 aliphatic rings. The summed E-state index contributed by atoms with van der Waals surface area (Å²) in [4.78, 5) is 0. The zero-order chi connectivity index (χ0) is 13.4. The van der Waals surface area contributed by atoms with Gasteiger partial charge in [-0.3, -0.25) is 0 Å². The van der Waals surface area contributed by atoms with Crippen LogP contribution in [0.4, 0.5) is 0 Å². The predicted octanol–water partition coefficient (Wildman–Crippen LogP) is 4.61. The van der Waals surface area contributed by atoms with Crippen LogP contribution in [0.3, 0.4) is 0 Å². The van der Waals surface area contributed by atoms with Crippen molar-refractivity contribution in [2.75, 3.05) is 18.5 Å². The van der Waals surface area contributed by atoms with Crippen molar-refractivity contribution in [3.63, 3.8) is 0 Å². The van der Waals surface area contributed by atoms with Gasteiger partial charge in [-0.05, 0) is 42.7 Å². The van der Waals surface area contributed by atoms with Crippen molar-refractivity contribution in [3.05, 3.63) is 35.4 Å². The van der Waals surface area contributed by atoms with Gasteiger partial charge in [0.25, 0.3) is 0 Å². The van der Waals surface area contributed by atoms with Crippen LogP contribution in [-0.2, 0) is 11.2 Å². The number of ether oxygens (including phenoxy) is 1. The SMILES string of the molecule is Cc1ccccc1CC(CBr)CCOCC(C)C. The highest BCUT2D eigenvalue weighted by Gasteiger charge is 2.10. The number of aryl methyl sites for hydroxylation is 1. The number of hydrogen-bond acceptors (Lipinski definition) is 1. The summed E-state index contributed by atoms with van der Waals surface area (Å²) >= 11 is 3.62. The molecule has 0 N–H and O–H groups in total. The summed E-state index contributed by atoms with van der Waals surface area (Å²) in [6, 6.07) is 8.66. The molecule has 2 heteroatoms. The summed E-state index contributed by atoms with van der Waals surface area (Å²) in [7, 11) is 0. The molecule has 1 rings (SSSR count). The lowest BCUT2D eigenvalue weighted by atomic mass is 9.95. The molecule has 0 fully saturated rings. The van der Waals surface area contributed by atoms with Crippen LogP contribution in [0.2, 0.25) is 0 Å². The van der Waals surface area contributed by atoms with E-state index in [1.165, 1.54) is 11.1 Å². The summed E-state index contributed by atoms with van der Waals surface area (Å²) in [5.41, 5.74) is 2.86. The van der Waals surface area contributed by atoms with Crippen molar-refractivity contribution >= 4 is 15.9 Å². The molecular weight excluding hydrogens is 288 g/mol. The summed E-state index contributed by atoms with van der Waals surface area (Å²) in [5, 5.41) is 1.05. The van der Waals surface area contributed by atoms with Crippen LogP contribution in [0.5, 0.6) is 0 Å². The van der Waals surface area contributed by atoms with Crippen molar-refractivity contribution in [2.24, 2.45) is 11.8 Å². The Morgan fingerprint density at radius 3 is 2.56 bits per heavy atom. The maximum absolute atomic E-state index is 5.67. The molecule has 102 valence electrons. The lowest BCUT2D eigenvalue weighted by Crippen LogP contribution is -2.12. The lowest BCUT2D eigenvalue weighted by molar-refractivity contribution is 0.0998. The summed E-state index contributed by atoms with van der Waals surface area (Å²) in [6.45, 7) is 8.32. The third-order valence-corrected chi connectivity index (χ3v) is 4.03. The van der Waals surface area contributed by atoms with Gasteiger partial charge in [0.15, 0.2) is 0 Å². The summed E-state index contributed by atoms with van der Waals surface area (Å²) in [5.74, 6) is 1.29. The van der Waals surface area contributed by atoms with Crippen LogP contribution < -0.4 is 0 Å². The third kappa shape index (κ3) is 6.01. The predicted molar refractivity (Wildman–Crippen MR) is 82.4 cm³/mol. The third-order valence-electron chi connectivity index (χ3n) is 3.11. The van der Waals surface area contributed by atoms with Crippen LogP contribution in [0, 0.1) is 18.8 Å². The second-order valence-electron chi connectivity index (χ2n) is 5.41. The van der Waals surface area contributed by atoms with Crippen LogP contribution in [0.25, 0.3) is 0 Å². The largest absolute Gasteiger partial charge is 0.381 e. The molecule has 0 aromatic heterocycles. The molecule has 0 radical (unpaired) electrons. The Kier molecular flexibility index (Phi) is 7.60. The number of halogens is 1. The number of rotatable bonds is 8. The maximum atomic E-state index is 5.67. The smallest absolute Gasteiger partial charge is 0.0488 e. The summed E-state index contributed by atoms with van der Waals surface area (Å²) in [6.07, 6.45) is 2.27. The van der Waals surface area contributed by atoms with E-state index in [2.05, 4.69) is 61.0 Å². The number of benzene rings is 1. The van der Waals surface area contributed by atoms with Crippen LogP contribution in [0.15, 0.2) is 24.3 Å². The van der Waals surface area contributed by atoms with Crippen LogP contribution in [-0.4, -0.2) is 18.5 Å². The fourth-order valence-electron chi connectivity index (χ4n) is 1.95. The highest BCUT2D eigenvalue weighted by molar-refractivity contribution is 9.09. The fraction of sp³-hybridized carbons (Fsp3) is 0.625. The first-order chi connectivity index (χ1) is 8.63. The first kappa shape index (κ1) is 15.7. The van der Waals surface area contributed by atoms with Gasteiger partial charge in [-0.15, -0.1) is 0 Å². The van der Waals surface area contributed by atoms with Gasteiger partial charge in [-0.1, -0.05) is 54.0 Å². The molecular formula is C16H25BrO. The van der Waals surface area contributed by atoms with Gasteiger partial charge in [0.2, 0.25) is 0 Å². The Balaban J connectivity index is 2.36. The van der Waals surface area contributed by atoms with Gasteiger partial charge < -0.3 is 4.74 Å². The fourth-order valence-corrected chi connectivity index (χ4v) is 2.51. The van der Waals surface area contributed by atoms with Gasteiger partial charge in [-0.25, -0.2) is 0 Å². The van der Waals surface area contributed by atoms with Crippen LogP contribution >= 0.6 is 15.9 Å². The molecule has 0 spiro atoms. The molecule has 0 bridgehead atoms. The second kappa shape index (κ2) is 8.71.